The topological polar surface area (TPSA) is 163 Å². The SMILES string of the molecule is O=C(CCc1ccc2c(c1)[nH]c1ccncc12)NCCOCCNc1cccc2c1C(=O)N([C@@H]1CCC(=O)NC1=O)C2=O. The van der Waals surface area contributed by atoms with Crippen LogP contribution >= 0.6 is 0 Å². The van der Waals surface area contributed by atoms with Crippen molar-refractivity contribution in [1.82, 2.24) is 25.5 Å². The predicted molar refractivity (Wildman–Crippen MR) is 157 cm³/mol. The Bertz CT molecular complexity index is 1760. The molecule has 4 aromatic rings. The lowest BCUT2D eigenvalue weighted by molar-refractivity contribution is -0.136. The van der Waals surface area contributed by atoms with Crippen molar-refractivity contribution < 1.29 is 28.7 Å². The largest absolute Gasteiger partial charge is 0.382 e. The Morgan fingerprint density at radius 3 is 2.72 bits per heavy atom. The van der Waals surface area contributed by atoms with Gasteiger partial charge in [0, 0.05) is 65.8 Å². The summed E-state index contributed by atoms with van der Waals surface area (Å²) in [4.78, 5) is 70.7. The molecule has 6 rings (SSSR count). The molecule has 2 aromatic carbocycles. The van der Waals surface area contributed by atoms with E-state index in [1.165, 1.54) is 0 Å². The van der Waals surface area contributed by atoms with Gasteiger partial charge in [0.25, 0.3) is 11.8 Å². The molecule has 5 amide bonds. The Labute approximate surface area is 246 Å². The average Bonchev–Trinajstić information content (AvgIpc) is 3.50. The van der Waals surface area contributed by atoms with Crippen LogP contribution in [0.2, 0.25) is 0 Å². The van der Waals surface area contributed by atoms with Gasteiger partial charge in [-0.3, -0.25) is 39.2 Å². The maximum absolute atomic E-state index is 13.2. The van der Waals surface area contributed by atoms with Gasteiger partial charge in [-0.1, -0.05) is 18.2 Å². The lowest BCUT2D eigenvalue weighted by Crippen LogP contribution is -2.54. The Kier molecular flexibility index (Phi) is 7.84. The van der Waals surface area contributed by atoms with Gasteiger partial charge in [0.2, 0.25) is 17.7 Å². The van der Waals surface area contributed by atoms with E-state index in [1.807, 2.05) is 18.3 Å². The summed E-state index contributed by atoms with van der Waals surface area (Å²) in [5, 5.41) is 10.4. The molecule has 12 heteroatoms. The number of fused-ring (bicyclic) bond motifs is 4. The minimum atomic E-state index is -1.02. The average molecular weight is 583 g/mol. The fourth-order valence-electron chi connectivity index (χ4n) is 5.58. The molecule has 1 saturated heterocycles. The van der Waals surface area contributed by atoms with Gasteiger partial charge in [-0.25, -0.2) is 0 Å². The second-order valence-electron chi connectivity index (χ2n) is 10.5. The lowest BCUT2D eigenvalue weighted by atomic mass is 10.0. The molecule has 43 heavy (non-hydrogen) atoms. The molecule has 0 saturated carbocycles. The van der Waals surface area contributed by atoms with E-state index in [0.29, 0.717) is 44.8 Å². The Hall–Kier alpha value is -5.10. The molecule has 0 radical (unpaired) electrons. The quantitative estimate of drug-likeness (QED) is 0.155. The zero-order valence-corrected chi connectivity index (χ0v) is 23.3. The number of carbonyl (C=O) groups is 5. The predicted octanol–water partition coefficient (Wildman–Crippen LogP) is 2.29. The first-order chi connectivity index (χ1) is 20.9. The number of aromatic nitrogens is 2. The number of benzene rings is 2. The van der Waals surface area contributed by atoms with Crippen LogP contribution in [0.15, 0.2) is 54.9 Å². The summed E-state index contributed by atoms with van der Waals surface area (Å²) < 4.78 is 5.62. The van der Waals surface area contributed by atoms with Crippen molar-refractivity contribution in [2.75, 3.05) is 31.6 Å². The number of rotatable bonds is 11. The van der Waals surface area contributed by atoms with E-state index in [0.717, 1.165) is 32.3 Å². The standard InChI is InChI=1S/C31H30N6O6/c38-26(8-5-18-4-6-19-21-17-32-11-10-22(21)35-24(19)16-18)34-13-15-43-14-12-33-23-3-1-2-20-28(23)31(42)37(30(20)41)25-7-9-27(39)36-29(25)40/h1-4,6,10-11,16-17,25,33,35H,5,7-9,12-15H2,(H,34,38)(H,36,39,40)/t25-/m1/s1. The Morgan fingerprint density at radius 2 is 1.86 bits per heavy atom. The Morgan fingerprint density at radius 1 is 1.00 bits per heavy atom. The number of anilines is 1. The molecule has 1 fully saturated rings. The number of carbonyl (C=O) groups excluding carboxylic acids is 5. The first-order valence-corrected chi connectivity index (χ1v) is 14.2. The summed E-state index contributed by atoms with van der Waals surface area (Å²) in [6, 6.07) is 12.0. The zero-order valence-electron chi connectivity index (χ0n) is 23.3. The highest BCUT2D eigenvalue weighted by Gasteiger charge is 2.45. The molecule has 0 unspecified atom stereocenters. The number of imide groups is 2. The number of ether oxygens (including phenoxy) is 1. The Balaban J connectivity index is 0.922. The minimum Gasteiger partial charge on any atom is -0.382 e. The monoisotopic (exact) mass is 582 g/mol. The minimum absolute atomic E-state index is 0.0625. The van der Waals surface area contributed by atoms with E-state index in [-0.39, 0.29) is 29.9 Å². The van der Waals surface area contributed by atoms with Crippen LogP contribution in [0.25, 0.3) is 21.8 Å². The number of aryl methyl sites for hydroxylation is 1. The van der Waals surface area contributed by atoms with Gasteiger partial charge in [0.15, 0.2) is 0 Å². The van der Waals surface area contributed by atoms with Crippen molar-refractivity contribution in [3.63, 3.8) is 0 Å². The normalized spacial score (nSPS) is 16.6. The van der Waals surface area contributed by atoms with Crippen molar-refractivity contribution in [3.05, 3.63) is 71.5 Å². The van der Waals surface area contributed by atoms with Crippen LogP contribution in [0.3, 0.4) is 0 Å². The molecular weight excluding hydrogens is 552 g/mol. The number of aromatic amines is 1. The zero-order chi connectivity index (χ0) is 29.9. The molecular formula is C31H30N6O6. The number of piperidine rings is 1. The number of hydrogen-bond acceptors (Lipinski definition) is 8. The van der Waals surface area contributed by atoms with E-state index in [9.17, 15) is 24.0 Å². The fraction of sp³-hybridized carbons (Fsp3) is 0.290. The van der Waals surface area contributed by atoms with E-state index >= 15 is 0 Å². The van der Waals surface area contributed by atoms with E-state index in [1.54, 1.807) is 24.4 Å². The number of nitrogens with one attached hydrogen (secondary N) is 4. The highest BCUT2D eigenvalue weighted by Crippen LogP contribution is 2.32. The number of H-pyrrole nitrogens is 1. The molecule has 220 valence electrons. The maximum Gasteiger partial charge on any atom is 0.264 e. The third kappa shape index (κ3) is 5.69. The third-order valence-electron chi connectivity index (χ3n) is 7.70. The van der Waals surface area contributed by atoms with Gasteiger partial charge < -0.3 is 20.4 Å². The second-order valence-corrected chi connectivity index (χ2v) is 10.5. The number of amides is 5. The highest BCUT2D eigenvalue weighted by molar-refractivity contribution is 6.25. The number of nitrogens with zero attached hydrogens (tertiary/aromatic N) is 2. The van der Waals surface area contributed by atoms with Crippen molar-refractivity contribution in [1.29, 1.82) is 0 Å². The molecule has 0 spiro atoms. The molecule has 2 aliphatic heterocycles. The van der Waals surface area contributed by atoms with Crippen LogP contribution in [0.4, 0.5) is 5.69 Å². The first kappa shape index (κ1) is 28.0. The summed E-state index contributed by atoms with van der Waals surface area (Å²) in [5.74, 6) is -2.25. The smallest absolute Gasteiger partial charge is 0.264 e. The van der Waals surface area contributed by atoms with E-state index in [2.05, 4.69) is 38.1 Å². The van der Waals surface area contributed by atoms with E-state index < -0.39 is 29.7 Å². The van der Waals surface area contributed by atoms with Gasteiger partial charge in [0.1, 0.15) is 6.04 Å². The number of hydrogen-bond donors (Lipinski definition) is 4. The highest BCUT2D eigenvalue weighted by atomic mass is 16.5. The third-order valence-corrected chi connectivity index (χ3v) is 7.70. The first-order valence-electron chi connectivity index (χ1n) is 14.2. The maximum atomic E-state index is 13.2. The van der Waals surface area contributed by atoms with Crippen LogP contribution < -0.4 is 16.0 Å². The van der Waals surface area contributed by atoms with Crippen LogP contribution in [0.1, 0.15) is 45.5 Å². The van der Waals surface area contributed by atoms with Crippen LogP contribution in [-0.4, -0.2) is 76.7 Å². The molecule has 2 aromatic heterocycles. The summed E-state index contributed by atoms with van der Waals surface area (Å²) >= 11 is 0. The van der Waals surface area contributed by atoms with Crippen LogP contribution in [-0.2, 0) is 25.5 Å². The van der Waals surface area contributed by atoms with Gasteiger partial charge in [-0.2, -0.15) is 0 Å². The van der Waals surface area contributed by atoms with Crippen LogP contribution in [0, 0.1) is 0 Å². The van der Waals surface area contributed by atoms with Crippen molar-refractivity contribution in [3.8, 4) is 0 Å². The van der Waals surface area contributed by atoms with Gasteiger partial charge in [0.05, 0.1) is 24.3 Å². The molecule has 0 aliphatic carbocycles. The van der Waals surface area contributed by atoms with Gasteiger partial charge in [-0.05, 0) is 42.7 Å². The molecule has 1 atom stereocenters. The van der Waals surface area contributed by atoms with E-state index in [4.69, 9.17) is 4.74 Å². The summed E-state index contributed by atoms with van der Waals surface area (Å²) in [6.07, 6.45) is 4.73. The summed E-state index contributed by atoms with van der Waals surface area (Å²) in [7, 11) is 0. The van der Waals surface area contributed by atoms with Gasteiger partial charge in [-0.15, -0.1) is 0 Å². The lowest BCUT2D eigenvalue weighted by Gasteiger charge is -2.27. The van der Waals surface area contributed by atoms with Crippen molar-refractivity contribution >= 4 is 57.0 Å². The molecule has 4 heterocycles. The molecule has 0 bridgehead atoms. The molecule has 2 aliphatic rings. The summed E-state index contributed by atoms with van der Waals surface area (Å²) in [6.45, 7) is 1.34. The second kappa shape index (κ2) is 12.0. The summed E-state index contributed by atoms with van der Waals surface area (Å²) in [5.41, 5.74) is 3.99. The number of pyridine rings is 1. The van der Waals surface area contributed by atoms with Crippen molar-refractivity contribution in [2.45, 2.75) is 31.7 Å². The molecule has 4 N–H and O–H groups in total. The van der Waals surface area contributed by atoms with Crippen LogP contribution in [0.5, 0.6) is 0 Å². The van der Waals surface area contributed by atoms with Crippen molar-refractivity contribution in [2.24, 2.45) is 0 Å². The fourth-order valence-corrected chi connectivity index (χ4v) is 5.58. The van der Waals surface area contributed by atoms with Gasteiger partial charge >= 0.3 is 0 Å². The molecule has 12 nitrogen and oxygen atoms in total.